The number of aromatic nitrogens is 2. The summed E-state index contributed by atoms with van der Waals surface area (Å²) in [6.45, 7) is 0. The molecular formula is C10H7Cl2N3. The Morgan fingerprint density at radius 2 is 1.67 bits per heavy atom. The number of nitrogen functional groups attached to an aromatic ring is 1. The van der Waals surface area contributed by atoms with Gasteiger partial charge in [-0.15, -0.1) is 0 Å². The van der Waals surface area contributed by atoms with Crippen molar-refractivity contribution in [1.82, 2.24) is 9.97 Å². The van der Waals surface area contributed by atoms with Crippen molar-refractivity contribution in [3.05, 3.63) is 40.6 Å². The van der Waals surface area contributed by atoms with Gasteiger partial charge >= 0.3 is 0 Å². The van der Waals surface area contributed by atoms with Crippen LogP contribution < -0.4 is 5.73 Å². The van der Waals surface area contributed by atoms with E-state index in [1.54, 1.807) is 12.1 Å². The summed E-state index contributed by atoms with van der Waals surface area (Å²) in [5.74, 6) is 0.472. The van der Waals surface area contributed by atoms with E-state index in [-0.39, 0.29) is 0 Å². The van der Waals surface area contributed by atoms with Crippen molar-refractivity contribution in [2.45, 2.75) is 0 Å². The Balaban J connectivity index is 2.54. The Kier molecular flexibility index (Phi) is 2.75. The third-order valence-corrected chi connectivity index (χ3v) is 2.20. The van der Waals surface area contributed by atoms with Gasteiger partial charge in [0.2, 0.25) is 0 Å². The fraction of sp³-hybridized carbons (Fsp3) is 0. The van der Waals surface area contributed by atoms with E-state index in [9.17, 15) is 0 Å². The molecule has 0 fully saturated rings. The second kappa shape index (κ2) is 4.04. The fourth-order valence-corrected chi connectivity index (χ4v) is 1.62. The minimum Gasteiger partial charge on any atom is -0.399 e. The second-order valence-corrected chi connectivity index (χ2v) is 3.74. The van der Waals surface area contributed by atoms with Crippen LogP contribution in [0.3, 0.4) is 0 Å². The maximum absolute atomic E-state index is 5.77. The molecule has 2 aromatic rings. The molecule has 76 valence electrons. The van der Waals surface area contributed by atoms with Gasteiger partial charge in [0, 0.05) is 17.3 Å². The molecule has 0 saturated carbocycles. The SMILES string of the molecule is Nc1cccc(-c2nc(Cl)cc(Cl)n2)c1. The standard InChI is InChI=1S/C10H7Cl2N3/c11-8-5-9(12)15-10(14-8)6-2-1-3-7(13)4-6/h1-5H,13H2. The van der Waals surface area contributed by atoms with Crippen molar-refractivity contribution in [2.24, 2.45) is 0 Å². The number of nitrogens with zero attached hydrogens (tertiary/aromatic N) is 2. The van der Waals surface area contributed by atoms with Crippen LogP contribution in [0.5, 0.6) is 0 Å². The molecule has 0 aliphatic rings. The average molecular weight is 240 g/mol. The lowest BCUT2D eigenvalue weighted by Crippen LogP contribution is -1.91. The minimum absolute atomic E-state index is 0.312. The van der Waals surface area contributed by atoms with Gasteiger partial charge in [0.1, 0.15) is 10.3 Å². The fourth-order valence-electron chi connectivity index (χ4n) is 1.20. The highest BCUT2D eigenvalue weighted by Gasteiger charge is 2.04. The Morgan fingerprint density at radius 1 is 1.00 bits per heavy atom. The molecule has 3 nitrogen and oxygen atoms in total. The molecule has 1 aromatic carbocycles. The molecule has 2 rings (SSSR count). The predicted molar refractivity (Wildman–Crippen MR) is 61.9 cm³/mol. The number of hydrogen-bond acceptors (Lipinski definition) is 3. The lowest BCUT2D eigenvalue weighted by molar-refractivity contribution is 1.18. The molecule has 0 spiro atoms. The van der Waals surface area contributed by atoms with E-state index in [1.165, 1.54) is 6.07 Å². The van der Waals surface area contributed by atoms with Crippen LogP contribution >= 0.6 is 23.2 Å². The van der Waals surface area contributed by atoms with E-state index < -0.39 is 0 Å². The molecular weight excluding hydrogens is 233 g/mol. The van der Waals surface area contributed by atoms with E-state index >= 15 is 0 Å². The summed E-state index contributed by atoms with van der Waals surface area (Å²) in [6.07, 6.45) is 0. The summed E-state index contributed by atoms with van der Waals surface area (Å²) in [7, 11) is 0. The van der Waals surface area contributed by atoms with Gasteiger partial charge in [-0.3, -0.25) is 0 Å². The number of benzene rings is 1. The molecule has 0 bridgehead atoms. The molecule has 0 amide bonds. The Labute approximate surface area is 96.9 Å². The molecule has 2 N–H and O–H groups in total. The highest BCUT2D eigenvalue weighted by atomic mass is 35.5. The third-order valence-electron chi connectivity index (χ3n) is 1.81. The number of anilines is 1. The van der Waals surface area contributed by atoms with Gasteiger partial charge in [0.15, 0.2) is 5.82 Å². The quantitative estimate of drug-likeness (QED) is 0.615. The van der Waals surface area contributed by atoms with Crippen molar-refractivity contribution in [3.8, 4) is 11.4 Å². The smallest absolute Gasteiger partial charge is 0.162 e. The highest BCUT2D eigenvalue weighted by molar-refractivity contribution is 6.33. The number of rotatable bonds is 1. The highest BCUT2D eigenvalue weighted by Crippen LogP contribution is 2.21. The zero-order chi connectivity index (χ0) is 10.8. The monoisotopic (exact) mass is 239 g/mol. The van der Waals surface area contributed by atoms with E-state index in [1.807, 2.05) is 12.1 Å². The van der Waals surface area contributed by atoms with Crippen LogP contribution in [0.2, 0.25) is 10.3 Å². The van der Waals surface area contributed by atoms with Crippen LogP contribution in [0.25, 0.3) is 11.4 Å². The first kappa shape index (κ1) is 10.2. The predicted octanol–water partition coefficient (Wildman–Crippen LogP) is 3.03. The van der Waals surface area contributed by atoms with Gasteiger partial charge < -0.3 is 5.73 Å². The molecule has 5 heteroatoms. The zero-order valence-corrected chi connectivity index (χ0v) is 9.13. The maximum Gasteiger partial charge on any atom is 0.162 e. The molecule has 0 saturated heterocycles. The Morgan fingerprint density at radius 3 is 2.27 bits per heavy atom. The van der Waals surface area contributed by atoms with Crippen LogP contribution in [-0.2, 0) is 0 Å². The molecule has 15 heavy (non-hydrogen) atoms. The first-order chi connectivity index (χ1) is 7.15. The molecule has 0 aliphatic heterocycles. The maximum atomic E-state index is 5.77. The topological polar surface area (TPSA) is 51.8 Å². The Hall–Kier alpha value is -1.32. The van der Waals surface area contributed by atoms with Crippen molar-refractivity contribution < 1.29 is 0 Å². The first-order valence-electron chi connectivity index (χ1n) is 4.21. The molecule has 0 aliphatic carbocycles. The normalized spacial score (nSPS) is 10.3. The summed E-state index contributed by atoms with van der Waals surface area (Å²) < 4.78 is 0. The largest absolute Gasteiger partial charge is 0.399 e. The van der Waals surface area contributed by atoms with Gasteiger partial charge in [0.05, 0.1) is 0 Å². The molecule has 1 aromatic heterocycles. The van der Waals surface area contributed by atoms with Crippen molar-refractivity contribution in [3.63, 3.8) is 0 Å². The van der Waals surface area contributed by atoms with Gasteiger partial charge in [-0.05, 0) is 12.1 Å². The third kappa shape index (κ3) is 2.37. The number of nitrogens with two attached hydrogens (primary N) is 1. The molecule has 0 atom stereocenters. The van der Waals surface area contributed by atoms with Crippen molar-refractivity contribution in [2.75, 3.05) is 5.73 Å². The summed E-state index contributed by atoms with van der Waals surface area (Å²) in [5.41, 5.74) is 7.09. The van der Waals surface area contributed by atoms with E-state index in [0.717, 1.165) is 5.56 Å². The first-order valence-corrected chi connectivity index (χ1v) is 4.97. The van der Waals surface area contributed by atoms with Crippen molar-refractivity contribution in [1.29, 1.82) is 0 Å². The van der Waals surface area contributed by atoms with Crippen LogP contribution in [0, 0.1) is 0 Å². The number of hydrogen-bond donors (Lipinski definition) is 1. The van der Waals surface area contributed by atoms with Crippen LogP contribution in [0.4, 0.5) is 5.69 Å². The molecule has 0 radical (unpaired) electrons. The molecule has 1 heterocycles. The summed E-state index contributed by atoms with van der Waals surface area (Å²) in [4.78, 5) is 8.12. The van der Waals surface area contributed by atoms with E-state index in [0.29, 0.717) is 21.8 Å². The second-order valence-electron chi connectivity index (χ2n) is 2.96. The van der Waals surface area contributed by atoms with Crippen LogP contribution in [0.1, 0.15) is 0 Å². The van der Waals surface area contributed by atoms with Gasteiger partial charge in [0.25, 0.3) is 0 Å². The zero-order valence-electron chi connectivity index (χ0n) is 7.61. The van der Waals surface area contributed by atoms with Crippen LogP contribution in [-0.4, -0.2) is 9.97 Å². The van der Waals surface area contributed by atoms with Crippen molar-refractivity contribution >= 4 is 28.9 Å². The lowest BCUT2D eigenvalue weighted by atomic mass is 10.2. The van der Waals surface area contributed by atoms with Gasteiger partial charge in [-0.25, -0.2) is 9.97 Å². The summed E-state index contributed by atoms with van der Waals surface area (Å²) in [6, 6.07) is 8.71. The van der Waals surface area contributed by atoms with E-state index in [4.69, 9.17) is 28.9 Å². The van der Waals surface area contributed by atoms with Crippen LogP contribution in [0.15, 0.2) is 30.3 Å². The van der Waals surface area contributed by atoms with E-state index in [2.05, 4.69) is 9.97 Å². The average Bonchev–Trinajstić information content (AvgIpc) is 2.16. The summed E-state index contributed by atoms with van der Waals surface area (Å²) in [5, 5.41) is 0.625. The molecule has 0 unspecified atom stereocenters. The minimum atomic E-state index is 0.312. The lowest BCUT2D eigenvalue weighted by Gasteiger charge is -2.02. The Bertz CT molecular complexity index is 480. The van der Waals surface area contributed by atoms with Gasteiger partial charge in [-0.1, -0.05) is 35.3 Å². The van der Waals surface area contributed by atoms with Gasteiger partial charge in [-0.2, -0.15) is 0 Å². The number of halogens is 2. The summed E-state index contributed by atoms with van der Waals surface area (Å²) >= 11 is 11.5.